The van der Waals surface area contributed by atoms with Crippen molar-refractivity contribution in [1.29, 1.82) is 0 Å². The molecule has 0 aliphatic heterocycles. The van der Waals surface area contributed by atoms with Crippen LogP contribution >= 0.6 is 0 Å². The fraction of sp³-hybridized carbons (Fsp3) is 0.375. The summed E-state index contributed by atoms with van der Waals surface area (Å²) in [6, 6.07) is 4.37. The number of hydrogen-bond donors (Lipinski definition) is 2. The van der Waals surface area contributed by atoms with Crippen LogP contribution in [0.5, 0.6) is 11.5 Å². The van der Waals surface area contributed by atoms with Gasteiger partial charge in [-0.1, -0.05) is 6.07 Å². The zero-order valence-electron chi connectivity index (χ0n) is 12.8. The van der Waals surface area contributed by atoms with Gasteiger partial charge in [0.2, 0.25) is 0 Å². The van der Waals surface area contributed by atoms with Crippen LogP contribution in [0.2, 0.25) is 0 Å². The second kappa shape index (κ2) is 6.32. The summed E-state index contributed by atoms with van der Waals surface area (Å²) < 4.78 is 49.9. The molecule has 2 N–H and O–H groups in total. The number of halogens is 3. The first-order valence-corrected chi connectivity index (χ1v) is 6.83. The maximum Gasteiger partial charge on any atom is 0.422 e. The topological polar surface area (TPSA) is 76.0 Å². The van der Waals surface area contributed by atoms with Gasteiger partial charge in [-0.15, -0.1) is 0 Å². The Hall–Kier alpha value is -2.28. The first-order valence-electron chi connectivity index (χ1n) is 6.83. The fourth-order valence-electron chi connectivity index (χ4n) is 2.58. The minimum Gasteiger partial charge on any atom is -0.493 e. The summed E-state index contributed by atoms with van der Waals surface area (Å²) in [5.41, 5.74) is -4.33. The predicted octanol–water partition coefficient (Wildman–Crippen LogP) is 1.90. The lowest BCUT2D eigenvalue weighted by atomic mass is 9.77. The molecule has 0 amide bonds. The number of methoxy groups -OCH3 is 2. The van der Waals surface area contributed by atoms with Crippen LogP contribution in [0.1, 0.15) is 12.0 Å². The monoisotopic (exact) mass is 344 g/mol. The molecular weight excluding hydrogens is 329 g/mol. The zero-order chi connectivity index (χ0) is 18.1. The number of alkyl halides is 3. The highest BCUT2D eigenvalue weighted by atomic mass is 19.4. The maximum absolute atomic E-state index is 13.3. The lowest BCUT2D eigenvalue weighted by molar-refractivity contribution is -0.245. The van der Waals surface area contributed by atoms with Gasteiger partial charge in [0.1, 0.15) is 12.0 Å². The van der Waals surface area contributed by atoms with E-state index in [2.05, 4.69) is 0 Å². The van der Waals surface area contributed by atoms with Gasteiger partial charge in [0.25, 0.3) is 0 Å². The van der Waals surface area contributed by atoms with Gasteiger partial charge in [0, 0.05) is 6.42 Å². The van der Waals surface area contributed by atoms with Crippen molar-refractivity contribution in [3.05, 3.63) is 35.4 Å². The quantitative estimate of drug-likeness (QED) is 0.819. The highest BCUT2D eigenvalue weighted by Crippen LogP contribution is 2.46. The molecule has 2 atom stereocenters. The summed E-state index contributed by atoms with van der Waals surface area (Å²) in [6.07, 6.45) is -6.89. The molecule has 0 aromatic heterocycles. The molecule has 0 saturated heterocycles. The number of hydrogen-bond acceptors (Lipinski definition) is 5. The van der Waals surface area contributed by atoms with Crippen LogP contribution in [-0.2, 0) is 4.79 Å². The standard InChI is InChI=1S/C16H15F3O5/c1-23-13-4-3-9(6-14(13)24-2)10-5-12(21)11(8-20)15(22,7-10)16(17,18)19/h3-6,12,21-22H,7H2,1-2H3. The van der Waals surface area contributed by atoms with Crippen molar-refractivity contribution in [2.24, 2.45) is 0 Å². The van der Waals surface area contributed by atoms with Crippen molar-refractivity contribution in [3.8, 4) is 11.5 Å². The number of aliphatic hydroxyl groups excluding tert-OH is 1. The van der Waals surface area contributed by atoms with E-state index in [1.807, 2.05) is 0 Å². The zero-order valence-corrected chi connectivity index (χ0v) is 12.8. The van der Waals surface area contributed by atoms with Crippen LogP contribution in [0.3, 0.4) is 0 Å². The smallest absolute Gasteiger partial charge is 0.422 e. The van der Waals surface area contributed by atoms with Gasteiger partial charge in [0.05, 0.1) is 19.8 Å². The van der Waals surface area contributed by atoms with E-state index in [4.69, 9.17) is 9.47 Å². The Balaban J connectivity index is 2.55. The molecule has 130 valence electrons. The van der Waals surface area contributed by atoms with Gasteiger partial charge < -0.3 is 19.7 Å². The number of ether oxygens (including phenoxy) is 2. The molecule has 1 aromatic carbocycles. The molecule has 0 heterocycles. The highest BCUT2D eigenvalue weighted by Gasteiger charge is 2.60. The minimum absolute atomic E-state index is 0.0160. The third-order valence-corrected chi connectivity index (χ3v) is 3.88. The Labute approximate surface area is 135 Å². The van der Waals surface area contributed by atoms with Gasteiger partial charge in [-0.2, -0.15) is 13.2 Å². The van der Waals surface area contributed by atoms with Crippen molar-refractivity contribution in [2.75, 3.05) is 14.2 Å². The molecule has 24 heavy (non-hydrogen) atoms. The number of aliphatic hydroxyl groups is 2. The van der Waals surface area contributed by atoms with Crippen molar-refractivity contribution in [1.82, 2.24) is 0 Å². The van der Waals surface area contributed by atoms with E-state index in [9.17, 15) is 28.2 Å². The molecule has 5 nitrogen and oxygen atoms in total. The van der Waals surface area contributed by atoms with Crippen LogP contribution in [0.4, 0.5) is 13.2 Å². The first kappa shape index (κ1) is 18.1. The van der Waals surface area contributed by atoms with Crippen LogP contribution in [-0.4, -0.2) is 48.3 Å². The lowest BCUT2D eigenvalue weighted by Gasteiger charge is -2.36. The highest BCUT2D eigenvalue weighted by molar-refractivity contribution is 5.75. The van der Waals surface area contributed by atoms with E-state index in [-0.39, 0.29) is 11.3 Å². The van der Waals surface area contributed by atoms with E-state index in [0.717, 1.165) is 12.0 Å². The van der Waals surface area contributed by atoms with Crippen molar-refractivity contribution < 1.29 is 37.7 Å². The van der Waals surface area contributed by atoms with Crippen LogP contribution < -0.4 is 9.47 Å². The SMILES string of the molecule is COc1ccc(C2=CC(O)C(=C=O)C(O)(C(F)(F)F)C2)cc1OC. The fourth-order valence-corrected chi connectivity index (χ4v) is 2.58. The van der Waals surface area contributed by atoms with E-state index in [1.165, 1.54) is 32.4 Å². The molecule has 8 heteroatoms. The van der Waals surface area contributed by atoms with Gasteiger partial charge in [-0.05, 0) is 29.3 Å². The van der Waals surface area contributed by atoms with Gasteiger partial charge >= 0.3 is 6.18 Å². The Morgan fingerprint density at radius 1 is 1.25 bits per heavy atom. The summed E-state index contributed by atoms with van der Waals surface area (Å²) in [6.45, 7) is 0. The van der Waals surface area contributed by atoms with E-state index in [0.29, 0.717) is 11.3 Å². The summed E-state index contributed by atoms with van der Waals surface area (Å²) in [5, 5.41) is 19.9. The van der Waals surface area contributed by atoms with Crippen molar-refractivity contribution in [2.45, 2.75) is 24.3 Å². The second-order valence-electron chi connectivity index (χ2n) is 5.26. The molecule has 1 aromatic rings. The van der Waals surface area contributed by atoms with Crippen LogP contribution in [0, 0.1) is 0 Å². The summed E-state index contributed by atoms with van der Waals surface area (Å²) in [7, 11) is 2.77. The molecule has 2 unspecified atom stereocenters. The summed E-state index contributed by atoms with van der Waals surface area (Å²) >= 11 is 0. The third kappa shape index (κ3) is 2.91. The molecule has 2 rings (SSSR count). The molecule has 1 aliphatic carbocycles. The van der Waals surface area contributed by atoms with Crippen molar-refractivity contribution in [3.63, 3.8) is 0 Å². The average Bonchev–Trinajstić information content (AvgIpc) is 2.52. The number of benzene rings is 1. The number of carbonyl (C=O) groups excluding carboxylic acids is 1. The largest absolute Gasteiger partial charge is 0.493 e. The first-order chi connectivity index (χ1) is 11.2. The minimum atomic E-state index is -5.14. The van der Waals surface area contributed by atoms with Crippen molar-refractivity contribution >= 4 is 11.5 Å². The second-order valence-corrected chi connectivity index (χ2v) is 5.26. The Bertz CT molecular complexity index is 719. The molecule has 0 bridgehead atoms. The lowest BCUT2D eigenvalue weighted by Crippen LogP contribution is -2.51. The number of rotatable bonds is 3. The van der Waals surface area contributed by atoms with Gasteiger partial charge in [-0.25, -0.2) is 4.79 Å². The predicted molar refractivity (Wildman–Crippen MR) is 78.4 cm³/mol. The molecule has 1 aliphatic rings. The molecule has 0 saturated carbocycles. The van der Waals surface area contributed by atoms with E-state index >= 15 is 0 Å². The Morgan fingerprint density at radius 2 is 1.88 bits per heavy atom. The van der Waals surface area contributed by atoms with Gasteiger partial charge in [-0.3, -0.25) is 0 Å². The Kier molecular flexibility index (Phi) is 4.75. The van der Waals surface area contributed by atoms with E-state index < -0.39 is 29.9 Å². The molecule has 0 spiro atoms. The molecule has 0 fully saturated rings. The summed E-state index contributed by atoms with van der Waals surface area (Å²) in [4.78, 5) is 10.8. The van der Waals surface area contributed by atoms with Gasteiger partial charge in [0.15, 0.2) is 17.1 Å². The third-order valence-electron chi connectivity index (χ3n) is 3.88. The summed E-state index contributed by atoms with van der Waals surface area (Å²) in [5.74, 6) is 1.67. The van der Waals surface area contributed by atoms with Crippen LogP contribution in [0.15, 0.2) is 29.8 Å². The Morgan fingerprint density at radius 3 is 2.38 bits per heavy atom. The molecular formula is C16H15F3O5. The normalized spacial score (nSPS) is 24.2. The van der Waals surface area contributed by atoms with Crippen LogP contribution in [0.25, 0.3) is 5.57 Å². The van der Waals surface area contributed by atoms with E-state index in [1.54, 1.807) is 0 Å². The average molecular weight is 344 g/mol. The maximum atomic E-state index is 13.3. The molecule has 0 radical (unpaired) electrons.